The van der Waals surface area contributed by atoms with Crippen molar-refractivity contribution in [1.82, 2.24) is 0 Å². The highest BCUT2D eigenvalue weighted by Gasteiger charge is 2.19. The van der Waals surface area contributed by atoms with E-state index in [0.717, 1.165) is 5.56 Å². The third-order valence-electron chi connectivity index (χ3n) is 1.59. The first-order chi connectivity index (χ1) is 6.02. The predicted molar refractivity (Wildman–Crippen MR) is 46.5 cm³/mol. The van der Waals surface area contributed by atoms with Crippen LogP contribution in [-0.2, 0) is 0 Å². The van der Waals surface area contributed by atoms with Gasteiger partial charge < -0.3 is 0 Å². The fourth-order valence-corrected chi connectivity index (χ4v) is 1.27. The molecule has 0 spiro atoms. The van der Waals surface area contributed by atoms with Gasteiger partial charge in [0.2, 0.25) is 5.78 Å². The smallest absolute Gasteiger partial charge is 0.288 e. The molecule has 0 aromatic heterocycles. The number of hydrogen-bond donors (Lipinski definition) is 0. The molecule has 0 N–H and O–H groups in total. The molecule has 0 unspecified atom stereocenters. The van der Waals surface area contributed by atoms with Crippen molar-refractivity contribution in [3.8, 4) is 0 Å². The molecule has 0 aliphatic rings. The lowest BCUT2D eigenvalue weighted by Gasteiger charge is -2.02. The average Bonchev–Trinajstić information content (AvgIpc) is 2.03. The molecule has 0 radical (unpaired) electrons. The van der Waals surface area contributed by atoms with Crippen molar-refractivity contribution in [3.05, 3.63) is 34.3 Å². The molecule has 1 nitrogen and oxygen atoms in total. The Hall–Kier alpha value is -0.960. The maximum Gasteiger partial charge on any atom is 0.300 e. The van der Waals surface area contributed by atoms with Crippen LogP contribution in [-0.4, -0.2) is 12.2 Å². The summed E-state index contributed by atoms with van der Waals surface area (Å²) in [7, 11) is 0. The van der Waals surface area contributed by atoms with Crippen LogP contribution in [0.3, 0.4) is 0 Å². The number of carbonyl (C=O) groups excluding carboxylic acids is 1. The summed E-state index contributed by atoms with van der Waals surface area (Å²) in [5.41, 5.74) is 0.707. The van der Waals surface area contributed by atoms with Gasteiger partial charge in [-0.25, -0.2) is 8.78 Å². The monoisotopic (exact) mass is 204 g/mol. The van der Waals surface area contributed by atoms with Gasteiger partial charge in [-0.2, -0.15) is 0 Å². The van der Waals surface area contributed by atoms with Gasteiger partial charge in [-0.05, 0) is 24.6 Å². The molecule has 0 aliphatic carbocycles. The molecule has 0 atom stereocenters. The standard InChI is InChI=1S/C9H7ClF2O/c1-5-2-3-6(7(10)4-5)8(13)9(11)12/h2-4,9H,1H3. The summed E-state index contributed by atoms with van der Waals surface area (Å²) >= 11 is 5.61. The summed E-state index contributed by atoms with van der Waals surface area (Å²) in [6.45, 7) is 1.77. The molecule has 0 amide bonds. The highest BCUT2D eigenvalue weighted by molar-refractivity contribution is 6.34. The van der Waals surface area contributed by atoms with Gasteiger partial charge in [0.05, 0.1) is 5.02 Å². The lowest BCUT2D eigenvalue weighted by Crippen LogP contribution is -2.10. The second-order valence-electron chi connectivity index (χ2n) is 2.65. The molecule has 1 aromatic carbocycles. The first kappa shape index (κ1) is 10.1. The zero-order chi connectivity index (χ0) is 10.0. The molecule has 0 heterocycles. The Labute approximate surface area is 79.3 Å². The Morgan fingerprint density at radius 1 is 1.46 bits per heavy atom. The van der Waals surface area contributed by atoms with E-state index in [1.54, 1.807) is 13.0 Å². The van der Waals surface area contributed by atoms with Crippen LogP contribution >= 0.6 is 11.6 Å². The maximum atomic E-state index is 12.0. The lowest BCUT2D eigenvalue weighted by molar-refractivity contribution is 0.0679. The molecule has 13 heavy (non-hydrogen) atoms. The average molecular weight is 205 g/mol. The second-order valence-corrected chi connectivity index (χ2v) is 3.06. The summed E-state index contributed by atoms with van der Waals surface area (Å²) in [5.74, 6) is -1.23. The summed E-state index contributed by atoms with van der Waals surface area (Å²) in [6.07, 6.45) is -3.00. The molecule has 70 valence electrons. The van der Waals surface area contributed by atoms with Gasteiger partial charge in [0.15, 0.2) is 0 Å². The fraction of sp³-hybridized carbons (Fsp3) is 0.222. The van der Waals surface area contributed by atoms with Crippen molar-refractivity contribution in [3.63, 3.8) is 0 Å². The molecule has 0 saturated carbocycles. The van der Waals surface area contributed by atoms with E-state index in [4.69, 9.17) is 11.6 Å². The number of ketones is 1. The second kappa shape index (κ2) is 3.83. The zero-order valence-corrected chi connectivity index (χ0v) is 7.61. The van der Waals surface area contributed by atoms with Crippen molar-refractivity contribution in [2.45, 2.75) is 13.3 Å². The molecule has 0 fully saturated rings. The number of halogens is 3. The van der Waals surface area contributed by atoms with Crippen LogP contribution in [0, 0.1) is 6.92 Å². The minimum atomic E-state index is -3.00. The fourth-order valence-electron chi connectivity index (χ4n) is 0.938. The Kier molecular flexibility index (Phi) is 2.98. The highest BCUT2D eigenvalue weighted by Crippen LogP contribution is 2.20. The Morgan fingerprint density at radius 3 is 2.54 bits per heavy atom. The van der Waals surface area contributed by atoms with E-state index < -0.39 is 12.2 Å². The van der Waals surface area contributed by atoms with E-state index in [1.807, 2.05) is 0 Å². The van der Waals surface area contributed by atoms with Crippen molar-refractivity contribution in [2.75, 3.05) is 0 Å². The number of Topliss-reactive ketones (excluding diaryl/α,β-unsaturated/α-hetero) is 1. The van der Waals surface area contributed by atoms with E-state index in [-0.39, 0.29) is 10.6 Å². The predicted octanol–water partition coefficient (Wildman–Crippen LogP) is 3.10. The van der Waals surface area contributed by atoms with Crippen LogP contribution in [0.2, 0.25) is 5.02 Å². The number of alkyl halides is 2. The highest BCUT2D eigenvalue weighted by atomic mass is 35.5. The first-order valence-corrected chi connectivity index (χ1v) is 3.98. The van der Waals surface area contributed by atoms with Gasteiger partial charge in [0.1, 0.15) is 0 Å². The lowest BCUT2D eigenvalue weighted by atomic mass is 10.1. The number of hydrogen-bond acceptors (Lipinski definition) is 1. The molecule has 0 aliphatic heterocycles. The largest absolute Gasteiger partial charge is 0.300 e. The van der Waals surface area contributed by atoms with Crippen LogP contribution in [0.4, 0.5) is 8.78 Å². The Bertz CT molecular complexity index is 336. The Balaban J connectivity index is 3.09. The van der Waals surface area contributed by atoms with E-state index >= 15 is 0 Å². The SMILES string of the molecule is Cc1ccc(C(=O)C(F)F)c(Cl)c1. The van der Waals surface area contributed by atoms with Crippen LogP contribution in [0.1, 0.15) is 15.9 Å². The molecule has 0 bridgehead atoms. The van der Waals surface area contributed by atoms with Crippen molar-refractivity contribution >= 4 is 17.4 Å². The van der Waals surface area contributed by atoms with Gasteiger partial charge >= 0.3 is 6.43 Å². The molecule has 4 heteroatoms. The molecule has 1 aromatic rings. The third kappa shape index (κ3) is 2.25. The summed E-state index contributed by atoms with van der Waals surface area (Å²) in [6, 6.07) is 4.37. The zero-order valence-electron chi connectivity index (χ0n) is 6.85. The number of rotatable bonds is 2. The summed E-state index contributed by atoms with van der Waals surface area (Å²) in [5, 5.41) is 0.0744. The van der Waals surface area contributed by atoms with E-state index in [9.17, 15) is 13.6 Å². The van der Waals surface area contributed by atoms with Crippen molar-refractivity contribution in [1.29, 1.82) is 0 Å². The normalized spacial score (nSPS) is 10.5. The number of aryl methyl sites for hydroxylation is 1. The molecular formula is C9H7ClF2O. The van der Waals surface area contributed by atoms with Gasteiger partial charge in [-0.3, -0.25) is 4.79 Å². The quantitative estimate of drug-likeness (QED) is 0.677. The first-order valence-electron chi connectivity index (χ1n) is 3.61. The van der Waals surface area contributed by atoms with Crippen LogP contribution < -0.4 is 0 Å². The molecule has 0 saturated heterocycles. The van der Waals surface area contributed by atoms with Gasteiger partial charge in [-0.1, -0.05) is 17.7 Å². The maximum absolute atomic E-state index is 12.0. The number of benzene rings is 1. The van der Waals surface area contributed by atoms with Crippen molar-refractivity contribution < 1.29 is 13.6 Å². The molecular weight excluding hydrogens is 198 g/mol. The van der Waals surface area contributed by atoms with E-state index in [0.29, 0.717) is 0 Å². The van der Waals surface area contributed by atoms with Crippen LogP contribution in [0.5, 0.6) is 0 Å². The minimum absolute atomic E-state index is 0.0744. The van der Waals surface area contributed by atoms with Crippen LogP contribution in [0.15, 0.2) is 18.2 Å². The number of carbonyl (C=O) groups is 1. The summed E-state index contributed by atoms with van der Waals surface area (Å²) in [4.78, 5) is 10.8. The topological polar surface area (TPSA) is 17.1 Å². The van der Waals surface area contributed by atoms with E-state index in [1.165, 1.54) is 12.1 Å². The third-order valence-corrected chi connectivity index (χ3v) is 1.90. The van der Waals surface area contributed by atoms with Gasteiger partial charge in [-0.15, -0.1) is 0 Å². The minimum Gasteiger partial charge on any atom is -0.288 e. The van der Waals surface area contributed by atoms with Gasteiger partial charge in [0, 0.05) is 5.56 Å². The molecule has 1 rings (SSSR count). The van der Waals surface area contributed by atoms with Gasteiger partial charge in [0.25, 0.3) is 0 Å². The van der Waals surface area contributed by atoms with Crippen molar-refractivity contribution in [2.24, 2.45) is 0 Å². The van der Waals surface area contributed by atoms with E-state index in [2.05, 4.69) is 0 Å². The Morgan fingerprint density at radius 2 is 2.08 bits per heavy atom. The van der Waals surface area contributed by atoms with Crippen LogP contribution in [0.25, 0.3) is 0 Å². The summed E-state index contributed by atoms with van der Waals surface area (Å²) < 4.78 is 24.0.